The largest absolute Gasteiger partial charge is 0.275 e. The number of sulfone groups is 1. The zero-order valence-electron chi connectivity index (χ0n) is 20.4. The molecule has 1 N–H and O–H groups in total. The van der Waals surface area contributed by atoms with Crippen molar-refractivity contribution in [3.8, 4) is 17.3 Å². The molecule has 0 aliphatic rings. The van der Waals surface area contributed by atoms with Crippen LogP contribution in [0.1, 0.15) is 33.3 Å². The van der Waals surface area contributed by atoms with E-state index in [9.17, 15) is 21.2 Å². The van der Waals surface area contributed by atoms with Crippen LogP contribution in [0.3, 0.4) is 0 Å². The summed E-state index contributed by atoms with van der Waals surface area (Å²) in [6.07, 6.45) is 5.57. The van der Waals surface area contributed by atoms with Crippen LogP contribution in [0.4, 0.5) is 4.39 Å². The highest BCUT2D eigenvalue weighted by Gasteiger charge is 2.30. The summed E-state index contributed by atoms with van der Waals surface area (Å²) in [6, 6.07) is 7.14. The third kappa shape index (κ3) is 4.88. The summed E-state index contributed by atoms with van der Waals surface area (Å²) in [5.74, 6) is -0.371. The Morgan fingerprint density at radius 1 is 1.03 bits per heavy atom. The number of halogens is 1. The van der Waals surface area contributed by atoms with E-state index in [-0.39, 0.29) is 32.5 Å². The van der Waals surface area contributed by atoms with Crippen LogP contribution in [0.2, 0.25) is 0 Å². The van der Waals surface area contributed by atoms with Gasteiger partial charge >= 0.3 is 0 Å². The monoisotopic (exact) mass is 531 g/mol. The topological polar surface area (TPSA) is 124 Å². The first-order valence-corrected chi connectivity index (χ1v) is 14.4. The summed E-state index contributed by atoms with van der Waals surface area (Å²) in [6.45, 7) is 6.94. The van der Waals surface area contributed by atoms with Gasteiger partial charge < -0.3 is 0 Å². The summed E-state index contributed by atoms with van der Waals surface area (Å²) < 4.78 is 70.4. The lowest BCUT2D eigenvalue weighted by Crippen LogP contribution is -2.40. The van der Waals surface area contributed by atoms with Crippen LogP contribution in [0.15, 0.2) is 58.7 Å². The minimum absolute atomic E-state index is 0.0833. The number of rotatable bonds is 6. The Morgan fingerprint density at radius 2 is 1.69 bits per heavy atom. The molecular weight excluding hydrogens is 505 g/mol. The maximum absolute atomic E-state index is 14.8. The summed E-state index contributed by atoms with van der Waals surface area (Å²) in [4.78, 5) is 12.6. The van der Waals surface area contributed by atoms with Crippen LogP contribution in [0.5, 0.6) is 0 Å². The first-order chi connectivity index (χ1) is 16.7. The molecule has 0 saturated carbocycles. The Labute approximate surface area is 209 Å². The van der Waals surface area contributed by atoms with E-state index in [4.69, 9.17) is 0 Å². The first kappa shape index (κ1) is 25.9. The fourth-order valence-corrected chi connectivity index (χ4v) is 6.43. The molecule has 0 aliphatic carbocycles. The molecule has 0 spiro atoms. The van der Waals surface area contributed by atoms with E-state index in [0.717, 1.165) is 12.5 Å². The van der Waals surface area contributed by atoms with Crippen molar-refractivity contribution in [2.45, 2.75) is 49.4 Å². The average molecular weight is 532 g/mol. The smallest absolute Gasteiger partial charge is 0.242 e. The van der Waals surface area contributed by atoms with Crippen molar-refractivity contribution in [2.24, 2.45) is 0 Å². The van der Waals surface area contributed by atoms with E-state index in [1.54, 1.807) is 39.8 Å². The molecule has 0 aliphatic heterocycles. The van der Waals surface area contributed by atoms with Crippen molar-refractivity contribution in [1.29, 1.82) is 0 Å². The third-order valence-electron chi connectivity index (χ3n) is 5.32. The second-order valence-corrected chi connectivity index (χ2v) is 13.0. The van der Waals surface area contributed by atoms with Gasteiger partial charge in [-0.3, -0.25) is 9.55 Å². The maximum Gasteiger partial charge on any atom is 0.242 e. The quantitative estimate of drug-likeness (QED) is 0.403. The van der Waals surface area contributed by atoms with Crippen molar-refractivity contribution in [2.75, 3.05) is 6.26 Å². The predicted molar refractivity (Wildman–Crippen MR) is 135 cm³/mol. The summed E-state index contributed by atoms with van der Waals surface area (Å²) in [7, 11) is -7.78. The van der Waals surface area contributed by atoms with Gasteiger partial charge in [0.25, 0.3) is 0 Å². The summed E-state index contributed by atoms with van der Waals surface area (Å²) >= 11 is 0. The van der Waals surface area contributed by atoms with Gasteiger partial charge in [0.1, 0.15) is 15.6 Å². The lowest BCUT2D eigenvalue weighted by Gasteiger charge is -2.20. The fourth-order valence-electron chi connectivity index (χ4n) is 3.95. The van der Waals surface area contributed by atoms with E-state index in [1.165, 1.54) is 35.2 Å². The average Bonchev–Trinajstić information content (AvgIpc) is 3.12. The molecule has 0 fully saturated rings. The molecular formula is C24H26FN5O4S2. The van der Waals surface area contributed by atoms with Gasteiger partial charge in [-0.15, -0.1) is 0 Å². The minimum Gasteiger partial charge on any atom is -0.275 e. The second-order valence-electron chi connectivity index (χ2n) is 9.38. The predicted octanol–water partition coefficient (Wildman–Crippen LogP) is 3.66. The van der Waals surface area contributed by atoms with Gasteiger partial charge in [0, 0.05) is 35.8 Å². The molecule has 190 valence electrons. The summed E-state index contributed by atoms with van der Waals surface area (Å²) in [5.41, 5.74) is 0.347. The highest BCUT2D eigenvalue weighted by molar-refractivity contribution is 7.91. The molecule has 9 nitrogen and oxygen atoms in total. The van der Waals surface area contributed by atoms with E-state index in [2.05, 4.69) is 19.7 Å². The Hall–Kier alpha value is -3.22. The minimum atomic E-state index is -3.91. The van der Waals surface area contributed by atoms with Crippen molar-refractivity contribution >= 4 is 30.8 Å². The van der Waals surface area contributed by atoms with Crippen LogP contribution in [0.25, 0.3) is 28.2 Å². The van der Waals surface area contributed by atoms with E-state index in [0.29, 0.717) is 17.5 Å². The normalized spacial score (nSPS) is 12.8. The molecule has 0 amide bonds. The first-order valence-electron chi connectivity index (χ1n) is 11.1. The molecule has 12 heteroatoms. The van der Waals surface area contributed by atoms with Crippen molar-refractivity contribution in [3.05, 3.63) is 60.3 Å². The number of aryl methyl sites for hydroxylation is 1. The number of aromatic nitrogens is 4. The van der Waals surface area contributed by atoms with Gasteiger partial charge in [-0.25, -0.2) is 35.9 Å². The number of hydrogen-bond donors (Lipinski definition) is 1. The molecule has 0 saturated heterocycles. The van der Waals surface area contributed by atoms with E-state index >= 15 is 0 Å². The number of sulfonamides is 1. The Bertz CT molecular complexity index is 1660. The van der Waals surface area contributed by atoms with E-state index in [1.807, 2.05) is 0 Å². The van der Waals surface area contributed by atoms with Gasteiger partial charge in [0.05, 0.1) is 16.9 Å². The molecule has 1 aromatic carbocycles. The Balaban J connectivity index is 2.07. The molecule has 4 rings (SSSR count). The lowest BCUT2D eigenvalue weighted by atomic mass is 10.1. The van der Waals surface area contributed by atoms with Gasteiger partial charge in [-0.1, -0.05) is 6.92 Å². The molecule has 36 heavy (non-hydrogen) atoms. The highest BCUT2D eigenvalue weighted by atomic mass is 32.2. The number of benzene rings is 1. The number of nitrogens with one attached hydrogen (secondary N) is 1. The van der Waals surface area contributed by atoms with Gasteiger partial charge in [-0.05, 0) is 63.1 Å². The molecule has 0 bridgehead atoms. The zero-order valence-corrected chi connectivity index (χ0v) is 22.1. The van der Waals surface area contributed by atoms with Crippen LogP contribution >= 0.6 is 0 Å². The molecule has 0 radical (unpaired) electrons. The number of pyridine rings is 1. The Kier molecular flexibility index (Phi) is 6.48. The van der Waals surface area contributed by atoms with Crippen molar-refractivity contribution < 1.29 is 21.2 Å². The van der Waals surface area contributed by atoms with Crippen LogP contribution in [-0.4, -0.2) is 48.1 Å². The lowest BCUT2D eigenvalue weighted by molar-refractivity contribution is 0.491. The van der Waals surface area contributed by atoms with Crippen LogP contribution < -0.4 is 4.72 Å². The van der Waals surface area contributed by atoms with Crippen LogP contribution in [0, 0.1) is 5.82 Å². The number of hydrogen-bond acceptors (Lipinski definition) is 7. The molecule has 3 aromatic heterocycles. The standard InChI is InChI=1S/C24H26FN5O4S2/c1-6-15-12-20-17(13-18(15)25)22(35(5,31)32)21(30(20)23-26-10-7-11-27-23)19-9-8-16(14-28-19)36(33,34)29-24(2,3)4/h7-14,29H,6H2,1-5H3. The summed E-state index contributed by atoms with van der Waals surface area (Å²) in [5, 5.41) is 0.155. The third-order valence-corrected chi connectivity index (χ3v) is 8.22. The molecule has 0 unspecified atom stereocenters. The Morgan fingerprint density at radius 3 is 2.22 bits per heavy atom. The van der Waals surface area contributed by atoms with Crippen LogP contribution in [-0.2, 0) is 26.3 Å². The van der Waals surface area contributed by atoms with Gasteiger partial charge in [-0.2, -0.15) is 0 Å². The van der Waals surface area contributed by atoms with Crippen molar-refractivity contribution in [3.63, 3.8) is 0 Å². The SMILES string of the molecule is CCc1cc2c(cc1F)c(S(C)(=O)=O)c(-c1ccc(S(=O)(=O)NC(C)(C)C)cn1)n2-c1ncccn1. The van der Waals surface area contributed by atoms with E-state index < -0.39 is 31.2 Å². The molecule has 3 heterocycles. The molecule has 0 atom stereocenters. The fraction of sp³-hybridized carbons (Fsp3) is 0.292. The maximum atomic E-state index is 14.8. The number of nitrogens with zero attached hydrogens (tertiary/aromatic N) is 4. The second kappa shape index (κ2) is 9.02. The van der Waals surface area contributed by atoms with Crippen molar-refractivity contribution in [1.82, 2.24) is 24.2 Å². The number of fused-ring (bicyclic) bond motifs is 1. The molecule has 4 aromatic rings. The highest BCUT2D eigenvalue weighted by Crippen LogP contribution is 2.39. The van der Waals surface area contributed by atoms with Gasteiger partial charge in [0.2, 0.25) is 16.0 Å². The zero-order chi connectivity index (χ0) is 26.5. The van der Waals surface area contributed by atoms with Gasteiger partial charge in [0.15, 0.2) is 9.84 Å².